The summed E-state index contributed by atoms with van der Waals surface area (Å²) in [5.74, 6) is 0.775. The van der Waals surface area contributed by atoms with Crippen molar-refractivity contribution in [2.45, 2.75) is 53.1 Å². The first-order chi connectivity index (χ1) is 9.08. The minimum absolute atomic E-state index is 0.532. The lowest BCUT2D eigenvalue weighted by atomic mass is 10.0. The Kier molecular flexibility index (Phi) is 4.53. The van der Waals surface area contributed by atoms with Gasteiger partial charge < -0.3 is 5.32 Å². The summed E-state index contributed by atoms with van der Waals surface area (Å²) in [5.41, 5.74) is 3.09. The van der Waals surface area contributed by atoms with Crippen molar-refractivity contribution in [3.05, 3.63) is 29.7 Å². The molecular formula is C15H24N4. The molecule has 4 nitrogen and oxygen atoms in total. The quantitative estimate of drug-likeness (QED) is 0.868. The molecule has 2 aromatic rings. The van der Waals surface area contributed by atoms with Gasteiger partial charge in [-0.1, -0.05) is 20.3 Å². The van der Waals surface area contributed by atoms with Crippen molar-refractivity contribution in [2.75, 3.05) is 0 Å². The number of hydrogen-bond donors (Lipinski definition) is 1. The molecule has 0 radical (unpaired) electrons. The molecule has 0 bridgehead atoms. The third-order valence-electron chi connectivity index (χ3n) is 3.60. The summed E-state index contributed by atoms with van der Waals surface area (Å²) < 4.78 is 1.85. The van der Waals surface area contributed by atoms with E-state index in [0.717, 1.165) is 23.8 Å². The topological polar surface area (TPSA) is 42.2 Å². The van der Waals surface area contributed by atoms with Crippen LogP contribution in [-0.2, 0) is 6.54 Å². The van der Waals surface area contributed by atoms with Crippen LogP contribution in [0.1, 0.15) is 44.9 Å². The fourth-order valence-corrected chi connectivity index (χ4v) is 2.27. The molecule has 19 heavy (non-hydrogen) atoms. The summed E-state index contributed by atoms with van der Waals surface area (Å²) >= 11 is 0. The van der Waals surface area contributed by atoms with E-state index in [-0.39, 0.29) is 0 Å². The Bertz CT molecular complexity index is 532. The maximum Gasteiger partial charge on any atom is 0.155 e. The Hall–Kier alpha value is -1.42. The second-order valence-electron chi connectivity index (χ2n) is 5.58. The fourth-order valence-electron chi connectivity index (χ4n) is 2.27. The van der Waals surface area contributed by atoms with E-state index in [1.165, 1.54) is 18.4 Å². The average molecular weight is 260 g/mol. The second kappa shape index (κ2) is 6.15. The Balaban J connectivity index is 1.94. The second-order valence-corrected chi connectivity index (χ2v) is 5.58. The summed E-state index contributed by atoms with van der Waals surface area (Å²) in [7, 11) is 0. The van der Waals surface area contributed by atoms with Crippen LogP contribution in [0.5, 0.6) is 0 Å². The average Bonchev–Trinajstić information content (AvgIpc) is 2.75. The van der Waals surface area contributed by atoms with Gasteiger partial charge in [0.15, 0.2) is 5.65 Å². The monoisotopic (exact) mass is 260 g/mol. The lowest BCUT2D eigenvalue weighted by Gasteiger charge is -2.17. The maximum atomic E-state index is 4.42. The molecule has 0 saturated carbocycles. The van der Waals surface area contributed by atoms with Crippen LogP contribution in [0.25, 0.3) is 5.65 Å². The SMILES string of the molecule is CCC(C)CC(C)NCc1cnc2cc(C)nn2c1. The molecule has 0 aliphatic rings. The number of nitrogens with zero attached hydrogens (tertiary/aromatic N) is 3. The van der Waals surface area contributed by atoms with Gasteiger partial charge in [0.2, 0.25) is 0 Å². The summed E-state index contributed by atoms with van der Waals surface area (Å²) in [6.07, 6.45) is 6.44. The normalized spacial score (nSPS) is 14.7. The number of hydrogen-bond acceptors (Lipinski definition) is 3. The first kappa shape index (κ1) is 14.0. The van der Waals surface area contributed by atoms with Crippen molar-refractivity contribution in [1.82, 2.24) is 19.9 Å². The number of aromatic nitrogens is 3. The third-order valence-corrected chi connectivity index (χ3v) is 3.60. The zero-order chi connectivity index (χ0) is 13.8. The Morgan fingerprint density at radius 3 is 2.89 bits per heavy atom. The smallest absolute Gasteiger partial charge is 0.155 e. The van der Waals surface area contributed by atoms with Crippen molar-refractivity contribution in [1.29, 1.82) is 0 Å². The largest absolute Gasteiger partial charge is 0.310 e. The van der Waals surface area contributed by atoms with Crippen LogP contribution in [0.2, 0.25) is 0 Å². The maximum absolute atomic E-state index is 4.42. The molecule has 1 N–H and O–H groups in total. The molecule has 0 fully saturated rings. The number of nitrogens with one attached hydrogen (secondary N) is 1. The molecule has 2 unspecified atom stereocenters. The highest BCUT2D eigenvalue weighted by molar-refractivity contribution is 5.38. The van der Waals surface area contributed by atoms with E-state index in [1.807, 2.05) is 23.7 Å². The summed E-state index contributed by atoms with van der Waals surface area (Å²) in [6, 6.07) is 2.52. The molecule has 0 spiro atoms. The molecule has 0 aliphatic heterocycles. The molecule has 2 heterocycles. The molecule has 2 rings (SSSR count). The number of rotatable bonds is 6. The molecule has 2 atom stereocenters. The predicted molar refractivity (Wildman–Crippen MR) is 78.1 cm³/mol. The first-order valence-corrected chi connectivity index (χ1v) is 7.12. The van der Waals surface area contributed by atoms with Gasteiger partial charge in [-0.05, 0) is 26.2 Å². The van der Waals surface area contributed by atoms with E-state index in [9.17, 15) is 0 Å². The zero-order valence-corrected chi connectivity index (χ0v) is 12.3. The zero-order valence-electron chi connectivity index (χ0n) is 12.3. The van der Waals surface area contributed by atoms with E-state index >= 15 is 0 Å². The molecule has 0 aromatic carbocycles. The molecule has 104 valence electrons. The van der Waals surface area contributed by atoms with Gasteiger partial charge in [0, 0.05) is 36.6 Å². The van der Waals surface area contributed by atoms with Crippen LogP contribution in [-0.4, -0.2) is 20.6 Å². The van der Waals surface area contributed by atoms with Crippen molar-refractivity contribution in [3.8, 4) is 0 Å². The van der Waals surface area contributed by atoms with Gasteiger partial charge in [-0.2, -0.15) is 5.10 Å². The van der Waals surface area contributed by atoms with Gasteiger partial charge in [0.1, 0.15) is 0 Å². The molecule has 0 aliphatic carbocycles. The van der Waals surface area contributed by atoms with Crippen molar-refractivity contribution in [3.63, 3.8) is 0 Å². The van der Waals surface area contributed by atoms with Crippen molar-refractivity contribution in [2.24, 2.45) is 5.92 Å². The molecule has 4 heteroatoms. The van der Waals surface area contributed by atoms with E-state index in [0.29, 0.717) is 6.04 Å². The molecule has 0 saturated heterocycles. The van der Waals surface area contributed by atoms with E-state index in [2.05, 4.69) is 42.4 Å². The Morgan fingerprint density at radius 2 is 2.16 bits per heavy atom. The summed E-state index contributed by atoms with van der Waals surface area (Å²) in [4.78, 5) is 4.42. The molecular weight excluding hydrogens is 236 g/mol. The lowest BCUT2D eigenvalue weighted by Crippen LogP contribution is -2.27. The lowest BCUT2D eigenvalue weighted by molar-refractivity contribution is 0.411. The van der Waals surface area contributed by atoms with E-state index in [1.54, 1.807) is 0 Å². The Labute approximate surface area is 115 Å². The first-order valence-electron chi connectivity index (χ1n) is 7.12. The van der Waals surface area contributed by atoms with Crippen LogP contribution in [0.4, 0.5) is 0 Å². The van der Waals surface area contributed by atoms with E-state index < -0.39 is 0 Å². The van der Waals surface area contributed by atoms with Crippen LogP contribution in [0, 0.1) is 12.8 Å². The van der Waals surface area contributed by atoms with E-state index in [4.69, 9.17) is 0 Å². The fraction of sp³-hybridized carbons (Fsp3) is 0.600. The third kappa shape index (κ3) is 3.77. The van der Waals surface area contributed by atoms with Crippen LogP contribution >= 0.6 is 0 Å². The summed E-state index contributed by atoms with van der Waals surface area (Å²) in [5, 5.41) is 7.94. The van der Waals surface area contributed by atoms with Gasteiger partial charge >= 0.3 is 0 Å². The van der Waals surface area contributed by atoms with Crippen LogP contribution in [0.15, 0.2) is 18.5 Å². The van der Waals surface area contributed by atoms with Gasteiger partial charge in [-0.3, -0.25) is 0 Å². The number of aryl methyl sites for hydroxylation is 1. The van der Waals surface area contributed by atoms with Crippen LogP contribution < -0.4 is 5.32 Å². The van der Waals surface area contributed by atoms with Gasteiger partial charge in [0.25, 0.3) is 0 Å². The summed E-state index contributed by atoms with van der Waals surface area (Å²) in [6.45, 7) is 9.63. The predicted octanol–water partition coefficient (Wildman–Crippen LogP) is 2.95. The minimum atomic E-state index is 0.532. The Morgan fingerprint density at radius 1 is 1.37 bits per heavy atom. The van der Waals surface area contributed by atoms with Gasteiger partial charge in [0.05, 0.1) is 5.69 Å². The van der Waals surface area contributed by atoms with Gasteiger partial charge in [-0.15, -0.1) is 0 Å². The van der Waals surface area contributed by atoms with Crippen molar-refractivity contribution >= 4 is 5.65 Å². The molecule has 0 amide bonds. The number of fused-ring (bicyclic) bond motifs is 1. The van der Waals surface area contributed by atoms with Crippen LogP contribution in [0.3, 0.4) is 0 Å². The van der Waals surface area contributed by atoms with Crippen molar-refractivity contribution < 1.29 is 0 Å². The molecule has 2 aromatic heterocycles. The van der Waals surface area contributed by atoms with Gasteiger partial charge in [-0.25, -0.2) is 9.50 Å². The standard InChI is InChI=1S/C15H24N4/c1-5-11(2)6-12(3)16-8-14-9-17-15-7-13(4)18-19(15)10-14/h7,9-12,16H,5-6,8H2,1-4H3. The highest BCUT2D eigenvalue weighted by Crippen LogP contribution is 2.10. The highest BCUT2D eigenvalue weighted by atomic mass is 15.2. The highest BCUT2D eigenvalue weighted by Gasteiger charge is 2.07. The minimum Gasteiger partial charge on any atom is -0.310 e.